The van der Waals surface area contributed by atoms with E-state index in [4.69, 9.17) is 0 Å². The van der Waals surface area contributed by atoms with Gasteiger partial charge in [-0.1, -0.05) is 118 Å². The lowest BCUT2D eigenvalue weighted by Gasteiger charge is -2.15. The molecule has 1 unspecified atom stereocenters. The number of nitrogens with one attached hydrogen (secondary N) is 3. The number of benzene rings is 3. The molecule has 0 radical (unpaired) electrons. The zero-order chi connectivity index (χ0) is 56.4. The van der Waals surface area contributed by atoms with Crippen LogP contribution in [0.5, 0.6) is 0 Å². The molecule has 6 aromatic heterocycles. The molecule has 22 heteroatoms. The van der Waals surface area contributed by atoms with E-state index in [1.54, 1.807) is 22.7 Å². The summed E-state index contributed by atoms with van der Waals surface area (Å²) in [6.07, 6.45) is 3.21. The van der Waals surface area contributed by atoms with Gasteiger partial charge in [-0.15, -0.1) is 30.6 Å². The monoisotopic (exact) mass is 1180 g/mol. The Labute approximate surface area is 490 Å². The molecule has 0 aliphatic heterocycles. The molecule has 9 aromatic rings. The first-order chi connectivity index (χ1) is 38.5. The first-order valence-corrected chi connectivity index (χ1v) is 31.4. The van der Waals surface area contributed by atoms with E-state index in [-0.39, 0.29) is 33.2 Å². The van der Waals surface area contributed by atoms with Gasteiger partial charge in [0, 0.05) is 74.2 Å². The first kappa shape index (κ1) is 60.0. The van der Waals surface area contributed by atoms with Gasteiger partial charge < -0.3 is 25.1 Å². The van der Waals surface area contributed by atoms with Crippen molar-refractivity contribution in [3.63, 3.8) is 0 Å². The van der Waals surface area contributed by atoms with Crippen molar-refractivity contribution >= 4 is 110 Å². The average Bonchev–Trinajstić information content (AvgIpc) is 4.03. The second kappa shape index (κ2) is 29.0. The van der Waals surface area contributed by atoms with Gasteiger partial charge in [0.05, 0.1) is 5.25 Å². The van der Waals surface area contributed by atoms with Crippen LogP contribution in [-0.2, 0) is 27.5 Å². The van der Waals surface area contributed by atoms with E-state index >= 15 is 0 Å². The molecular weight excluding hydrogens is 1110 g/mol. The Kier molecular flexibility index (Phi) is 22.0. The summed E-state index contributed by atoms with van der Waals surface area (Å²) in [6, 6.07) is 34.4. The molecule has 418 valence electrons. The van der Waals surface area contributed by atoms with Crippen molar-refractivity contribution in [3.05, 3.63) is 141 Å². The number of thiophene rings is 3. The summed E-state index contributed by atoms with van der Waals surface area (Å²) in [5.41, 5.74) is 5.37. The Morgan fingerprint density at radius 3 is 1.29 bits per heavy atom. The number of hydrogen-bond acceptors (Lipinski definition) is 16. The highest BCUT2D eigenvalue weighted by molar-refractivity contribution is 8.02. The number of amides is 3. The summed E-state index contributed by atoms with van der Waals surface area (Å²) >= 11 is 9.08. The van der Waals surface area contributed by atoms with Gasteiger partial charge >= 0.3 is 0 Å². The van der Waals surface area contributed by atoms with Crippen LogP contribution in [-0.4, -0.2) is 82.7 Å². The third kappa shape index (κ3) is 15.4. The van der Waals surface area contributed by atoms with Crippen molar-refractivity contribution in [3.8, 4) is 34.2 Å². The quantitative estimate of drug-likeness (QED) is 0.0729. The highest BCUT2D eigenvalue weighted by atomic mass is 32.2. The van der Waals surface area contributed by atoms with E-state index in [9.17, 15) is 19.2 Å². The van der Waals surface area contributed by atoms with Gasteiger partial charge in [-0.25, -0.2) is 4.57 Å². The third-order valence-corrected chi connectivity index (χ3v) is 17.9. The molecule has 79 heavy (non-hydrogen) atoms. The number of aromatic nitrogens is 9. The molecule has 6 heterocycles. The van der Waals surface area contributed by atoms with E-state index in [0.717, 1.165) is 94.5 Å². The van der Waals surface area contributed by atoms with Gasteiger partial charge in [-0.3, -0.25) is 19.2 Å². The van der Waals surface area contributed by atoms with Crippen LogP contribution < -0.4 is 16.0 Å². The third-order valence-electron chi connectivity index (χ3n) is 11.9. The summed E-state index contributed by atoms with van der Waals surface area (Å²) < 4.78 is 4.59. The molecule has 2 aliphatic rings. The topological polar surface area (TPSA) is 196 Å². The van der Waals surface area contributed by atoms with Crippen LogP contribution in [0.3, 0.4) is 0 Å². The molecule has 11 rings (SSSR count). The lowest BCUT2D eigenvalue weighted by atomic mass is 10.3. The van der Waals surface area contributed by atoms with Crippen molar-refractivity contribution in [1.29, 1.82) is 0 Å². The van der Waals surface area contributed by atoms with E-state index in [1.165, 1.54) is 58.1 Å². The molecule has 2 saturated carbocycles. The fourth-order valence-corrected chi connectivity index (χ4v) is 12.8. The molecule has 0 spiro atoms. The van der Waals surface area contributed by atoms with E-state index < -0.39 is 9.49 Å². The second-order valence-electron chi connectivity index (χ2n) is 17.2. The highest BCUT2D eigenvalue weighted by Crippen LogP contribution is 2.53. The Balaban J connectivity index is 0.000000252. The van der Waals surface area contributed by atoms with E-state index in [2.05, 4.69) is 75.7 Å². The SMILES string of the molecule is CC.CC.CC(=O)n1c(SC2(C(=O)Nc3ccccc3)CC2)nnc1-c1ccsc1.CCn1c(SC(C)C(=O)Nc2ccccc2)nnc1-c1ccsc1.CCn1c(SC2(C(=O)Nc3ccccc3)CC2)nnc1-c1ccsc1.[HH].[HH].[HH]. The molecule has 0 bridgehead atoms. The minimum absolute atomic E-state index is 0. The summed E-state index contributed by atoms with van der Waals surface area (Å²) in [5, 5.41) is 48.3. The van der Waals surface area contributed by atoms with Gasteiger partial charge in [0.1, 0.15) is 9.49 Å². The summed E-state index contributed by atoms with van der Waals surface area (Å²) in [7, 11) is 0. The molecule has 2 fully saturated rings. The Morgan fingerprint density at radius 1 is 0.532 bits per heavy atom. The zero-order valence-corrected chi connectivity index (χ0v) is 50.2. The molecule has 1 atom stereocenters. The molecule has 3 aromatic carbocycles. The molecule has 3 N–H and O–H groups in total. The van der Waals surface area contributed by atoms with Crippen molar-refractivity contribution in [2.45, 2.75) is 124 Å². The molecule has 16 nitrogen and oxygen atoms in total. The fourth-order valence-electron chi connectivity index (χ4n) is 7.56. The lowest BCUT2D eigenvalue weighted by molar-refractivity contribution is -0.117. The van der Waals surface area contributed by atoms with Crippen LogP contribution in [0.25, 0.3) is 34.2 Å². The molecular formula is C57H70N12O4S6. The number of anilines is 3. The number of thioether (sulfide) groups is 3. The number of nitrogens with zero attached hydrogens (tertiary/aromatic N) is 9. The highest BCUT2D eigenvalue weighted by Gasteiger charge is 2.53. The van der Waals surface area contributed by atoms with Crippen LogP contribution in [0, 0.1) is 0 Å². The number of rotatable bonds is 17. The second-order valence-corrected chi connectivity index (χ2v) is 23.6. The Morgan fingerprint density at radius 2 is 0.899 bits per heavy atom. The standard InChI is InChI=1S/C18H16N4O2S2.C18H18N4OS2.C17H18N4OS2.2C2H6.3H2/c1-12(23)22-15(13-7-10-25-11-13)20-21-17(22)26-18(8-9-18)16(24)19-14-5-3-2-4-6-14;1-2-22-15(13-8-11-24-12-13)20-21-17(22)25-18(9-10-18)16(23)19-14-6-4-3-5-7-14;1-3-21-15(13-9-10-23-11-13)19-20-17(21)24-12(2)16(22)18-14-7-5-4-6-8-14;2*1-2;;;/h2-7,10-11H,8-9H2,1H3,(H,19,24);3-8,11-12H,2,9-10H2,1H3,(H,19,23);4-12H,3H2,1-2H3,(H,18,22);2*1-2H3;3*1H. The predicted molar refractivity (Wildman–Crippen MR) is 333 cm³/mol. The maximum absolute atomic E-state index is 12.7. The van der Waals surface area contributed by atoms with Crippen molar-refractivity contribution in [1.82, 2.24) is 44.3 Å². The van der Waals surface area contributed by atoms with Crippen LogP contribution >= 0.6 is 69.3 Å². The number of hydrogen-bond donors (Lipinski definition) is 3. The van der Waals surface area contributed by atoms with Crippen LogP contribution in [0.2, 0.25) is 0 Å². The summed E-state index contributed by atoms with van der Waals surface area (Å²) in [4.78, 5) is 50.0. The van der Waals surface area contributed by atoms with Gasteiger partial charge in [0.2, 0.25) is 23.6 Å². The number of carbonyl (C=O) groups is 4. The molecule has 2 aliphatic carbocycles. The van der Waals surface area contributed by atoms with Crippen LogP contribution in [0.15, 0.2) is 157 Å². The normalized spacial score (nSPS) is 13.5. The molecule has 0 saturated heterocycles. The average molecular weight is 1180 g/mol. The smallest absolute Gasteiger partial charge is 0.241 e. The predicted octanol–water partition coefficient (Wildman–Crippen LogP) is 15.2. The maximum Gasteiger partial charge on any atom is 0.241 e. The Hall–Kier alpha value is -6.69. The van der Waals surface area contributed by atoms with Crippen molar-refractivity contribution < 1.29 is 23.5 Å². The fraction of sp³-hybridized carbons (Fsp3) is 0.298. The minimum Gasteiger partial charge on any atom is -0.325 e. The minimum atomic E-state index is -0.595. The number of carbonyl (C=O) groups excluding carboxylic acids is 4. The van der Waals surface area contributed by atoms with Crippen LogP contribution in [0.4, 0.5) is 17.1 Å². The van der Waals surface area contributed by atoms with Crippen LogP contribution in [0.1, 0.15) is 90.1 Å². The van der Waals surface area contributed by atoms with E-state index in [1.807, 2.05) is 170 Å². The first-order valence-electron chi connectivity index (χ1n) is 26.0. The van der Waals surface area contributed by atoms with E-state index in [0.29, 0.717) is 11.0 Å². The summed E-state index contributed by atoms with van der Waals surface area (Å²) in [6.45, 7) is 17.0. The van der Waals surface area contributed by atoms with Gasteiger partial charge in [0.15, 0.2) is 32.9 Å². The Bertz CT molecular complexity index is 3340. The largest absolute Gasteiger partial charge is 0.325 e. The summed E-state index contributed by atoms with van der Waals surface area (Å²) in [5.74, 6) is 1.99. The van der Waals surface area contributed by atoms with Gasteiger partial charge in [-0.2, -0.15) is 34.0 Å². The van der Waals surface area contributed by atoms with Crippen molar-refractivity contribution in [2.24, 2.45) is 0 Å². The maximum atomic E-state index is 12.7. The van der Waals surface area contributed by atoms with Gasteiger partial charge in [-0.05, 0) is 117 Å². The van der Waals surface area contributed by atoms with Crippen molar-refractivity contribution in [2.75, 3.05) is 16.0 Å². The lowest BCUT2D eigenvalue weighted by Crippen LogP contribution is -2.27. The molecule has 3 amide bonds. The number of para-hydroxylation sites is 3. The zero-order valence-electron chi connectivity index (χ0n) is 45.3. The van der Waals surface area contributed by atoms with Gasteiger partial charge in [0.25, 0.3) is 0 Å².